The highest BCUT2D eigenvalue weighted by Gasteiger charge is 2.17. The molecule has 1 atom stereocenters. The van der Waals surface area contributed by atoms with Gasteiger partial charge in [0.15, 0.2) is 0 Å². The third kappa shape index (κ3) is 3.71. The predicted octanol–water partition coefficient (Wildman–Crippen LogP) is 2.18. The van der Waals surface area contributed by atoms with Crippen molar-refractivity contribution >= 4 is 5.91 Å². The van der Waals surface area contributed by atoms with Crippen molar-refractivity contribution in [2.24, 2.45) is 0 Å². The fourth-order valence-electron chi connectivity index (χ4n) is 2.00. The van der Waals surface area contributed by atoms with Gasteiger partial charge in [-0.1, -0.05) is 6.92 Å². The van der Waals surface area contributed by atoms with Crippen LogP contribution in [0.5, 0.6) is 0 Å². The molecule has 2 rings (SSSR count). The van der Waals surface area contributed by atoms with Crippen molar-refractivity contribution in [2.75, 3.05) is 6.54 Å². The fraction of sp³-hybridized carbons (Fsp3) is 0.429. The van der Waals surface area contributed by atoms with Gasteiger partial charge in [0.05, 0.1) is 6.26 Å². The molecule has 0 aliphatic rings. The summed E-state index contributed by atoms with van der Waals surface area (Å²) in [7, 11) is 0. The van der Waals surface area contributed by atoms with Gasteiger partial charge in [-0.2, -0.15) is 5.10 Å². The molecule has 0 spiro atoms. The number of amides is 1. The van der Waals surface area contributed by atoms with Crippen molar-refractivity contribution in [1.82, 2.24) is 15.1 Å². The quantitative estimate of drug-likeness (QED) is 0.777. The van der Waals surface area contributed by atoms with Crippen molar-refractivity contribution in [3.8, 4) is 0 Å². The molecule has 0 radical (unpaired) electrons. The van der Waals surface area contributed by atoms with Crippen molar-refractivity contribution in [3.63, 3.8) is 0 Å². The SMILES string of the molecule is CCC(C(=O)NCCCc1ccco1)n1cccn1. The highest BCUT2D eigenvalue weighted by Crippen LogP contribution is 2.09. The number of carbonyl (C=O) groups is 1. The van der Waals surface area contributed by atoms with Crippen molar-refractivity contribution in [2.45, 2.75) is 32.2 Å². The number of carbonyl (C=O) groups excluding carboxylic acids is 1. The lowest BCUT2D eigenvalue weighted by atomic mass is 10.2. The summed E-state index contributed by atoms with van der Waals surface area (Å²) in [6, 6.07) is 5.42. The van der Waals surface area contributed by atoms with E-state index in [9.17, 15) is 4.79 Å². The zero-order valence-corrected chi connectivity index (χ0v) is 11.1. The Morgan fingerprint density at radius 2 is 2.42 bits per heavy atom. The van der Waals surface area contributed by atoms with Gasteiger partial charge in [-0.05, 0) is 31.0 Å². The van der Waals surface area contributed by atoms with Gasteiger partial charge in [0.1, 0.15) is 11.8 Å². The maximum atomic E-state index is 12.0. The van der Waals surface area contributed by atoms with Gasteiger partial charge in [-0.25, -0.2) is 0 Å². The number of aryl methyl sites for hydroxylation is 1. The van der Waals surface area contributed by atoms with Crippen LogP contribution >= 0.6 is 0 Å². The Balaban J connectivity index is 1.74. The molecule has 0 bridgehead atoms. The van der Waals surface area contributed by atoms with Crippen LogP contribution < -0.4 is 5.32 Å². The molecule has 2 aromatic heterocycles. The van der Waals surface area contributed by atoms with E-state index in [2.05, 4.69) is 10.4 Å². The molecular weight excluding hydrogens is 242 g/mol. The Bertz CT molecular complexity index is 477. The Morgan fingerprint density at radius 1 is 1.53 bits per heavy atom. The van der Waals surface area contributed by atoms with E-state index in [0.717, 1.165) is 25.0 Å². The van der Waals surface area contributed by atoms with Gasteiger partial charge < -0.3 is 9.73 Å². The Kier molecular flexibility index (Phi) is 4.78. The van der Waals surface area contributed by atoms with E-state index >= 15 is 0 Å². The van der Waals surface area contributed by atoms with E-state index in [1.165, 1.54) is 0 Å². The zero-order valence-electron chi connectivity index (χ0n) is 11.1. The summed E-state index contributed by atoms with van der Waals surface area (Å²) >= 11 is 0. The average molecular weight is 261 g/mol. The summed E-state index contributed by atoms with van der Waals surface area (Å²) < 4.78 is 6.94. The summed E-state index contributed by atoms with van der Waals surface area (Å²) in [5.74, 6) is 0.971. The molecule has 2 aromatic rings. The third-order valence-corrected chi connectivity index (χ3v) is 3.01. The van der Waals surface area contributed by atoms with Crippen LogP contribution in [0.2, 0.25) is 0 Å². The molecule has 0 saturated carbocycles. The van der Waals surface area contributed by atoms with Crippen LogP contribution in [0.15, 0.2) is 41.3 Å². The molecule has 1 amide bonds. The number of furan rings is 1. The Morgan fingerprint density at radius 3 is 3.05 bits per heavy atom. The lowest BCUT2D eigenvalue weighted by Crippen LogP contribution is -2.33. The first kappa shape index (κ1) is 13.4. The second kappa shape index (κ2) is 6.78. The number of hydrogen-bond acceptors (Lipinski definition) is 3. The minimum atomic E-state index is -0.224. The molecule has 1 N–H and O–H groups in total. The molecular formula is C14H19N3O2. The molecule has 0 aliphatic carbocycles. The summed E-state index contributed by atoms with van der Waals surface area (Å²) in [6.07, 6.45) is 7.61. The van der Waals surface area contributed by atoms with E-state index in [4.69, 9.17) is 4.42 Å². The molecule has 0 aliphatic heterocycles. The van der Waals surface area contributed by atoms with E-state index in [1.54, 1.807) is 17.1 Å². The van der Waals surface area contributed by atoms with Crippen LogP contribution in [0.3, 0.4) is 0 Å². The Labute approximate surface area is 112 Å². The fourth-order valence-corrected chi connectivity index (χ4v) is 2.00. The summed E-state index contributed by atoms with van der Waals surface area (Å²) in [5.41, 5.74) is 0. The van der Waals surface area contributed by atoms with E-state index in [0.29, 0.717) is 6.54 Å². The monoisotopic (exact) mass is 261 g/mol. The van der Waals surface area contributed by atoms with Gasteiger partial charge in [-0.3, -0.25) is 9.48 Å². The molecule has 0 aromatic carbocycles. The van der Waals surface area contributed by atoms with Crippen LogP contribution in [0, 0.1) is 0 Å². The zero-order chi connectivity index (χ0) is 13.5. The summed E-state index contributed by atoms with van der Waals surface area (Å²) in [6.45, 7) is 2.63. The smallest absolute Gasteiger partial charge is 0.244 e. The van der Waals surface area contributed by atoms with Crippen molar-refractivity contribution < 1.29 is 9.21 Å². The van der Waals surface area contributed by atoms with Crippen molar-refractivity contribution in [1.29, 1.82) is 0 Å². The lowest BCUT2D eigenvalue weighted by molar-refractivity contribution is -0.124. The van der Waals surface area contributed by atoms with Crippen LogP contribution in [-0.2, 0) is 11.2 Å². The molecule has 19 heavy (non-hydrogen) atoms. The highest BCUT2D eigenvalue weighted by molar-refractivity contribution is 5.80. The molecule has 5 heteroatoms. The molecule has 5 nitrogen and oxygen atoms in total. The van der Waals surface area contributed by atoms with E-state index in [-0.39, 0.29) is 11.9 Å². The topological polar surface area (TPSA) is 60.1 Å². The third-order valence-electron chi connectivity index (χ3n) is 3.01. The van der Waals surface area contributed by atoms with E-state index < -0.39 is 0 Å². The largest absolute Gasteiger partial charge is 0.469 e. The molecule has 1 unspecified atom stereocenters. The summed E-state index contributed by atoms with van der Waals surface area (Å²) in [5, 5.41) is 7.06. The molecule has 2 heterocycles. The van der Waals surface area contributed by atoms with E-state index in [1.807, 2.05) is 31.3 Å². The minimum Gasteiger partial charge on any atom is -0.469 e. The molecule has 102 valence electrons. The average Bonchev–Trinajstić information content (AvgIpc) is 3.08. The van der Waals surface area contributed by atoms with Crippen LogP contribution in [0.25, 0.3) is 0 Å². The van der Waals surface area contributed by atoms with Crippen LogP contribution in [0.1, 0.15) is 31.6 Å². The number of rotatable bonds is 7. The standard InChI is InChI=1S/C14H19N3O2/c1-2-13(17-10-5-9-16-17)14(18)15-8-3-6-12-7-4-11-19-12/h4-5,7,9-11,13H,2-3,6,8H2,1H3,(H,15,18). The van der Waals surface area contributed by atoms with Crippen molar-refractivity contribution in [3.05, 3.63) is 42.6 Å². The summed E-state index contributed by atoms with van der Waals surface area (Å²) in [4.78, 5) is 12.0. The van der Waals surface area contributed by atoms with Gasteiger partial charge >= 0.3 is 0 Å². The normalized spacial score (nSPS) is 12.3. The number of nitrogens with zero attached hydrogens (tertiary/aromatic N) is 2. The second-order valence-corrected chi connectivity index (χ2v) is 4.38. The molecule has 0 saturated heterocycles. The lowest BCUT2D eigenvalue weighted by Gasteiger charge is -2.15. The number of nitrogens with one attached hydrogen (secondary N) is 1. The van der Waals surface area contributed by atoms with Gasteiger partial charge in [0, 0.05) is 25.4 Å². The predicted molar refractivity (Wildman–Crippen MR) is 71.6 cm³/mol. The van der Waals surface area contributed by atoms with Gasteiger partial charge in [0.2, 0.25) is 5.91 Å². The van der Waals surface area contributed by atoms with Crippen LogP contribution in [-0.4, -0.2) is 22.2 Å². The first-order valence-electron chi connectivity index (χ1n) is 6.60. The number of aromatic nitrogens is 2. The maximum Gasteiger partial charge on any atom is 0.244 e. The van der Waals surface area contributed by atoms with Crippen LogP contribution in [0.4, 0.5) is 0 Å². The molecule has 0 fully saturated rings. The van der Waals surface area contributed by atoms with Gasteiger partial charge in [0.25, 0.3) is 0 Å². The van der Waals surface area contributed by atoms with Gasteiger partial charge in [-0.15, -0.1) is 0 Å². The highest BCUT2D eigenvalue weighted by atomic mass is 16.3. The Hall–Kier alpha value is -2.04. The second-order valence-electron chi connectivity index (χ2n) is 4.38. The minimum absolute atomic E-state index is 0.0191. The maximum absolute atomic E-state index is 12.0. The number of hydrogen-bond donors (Lipinski definition) is 1. The first-order valence-corrected chi connectivity index (χ1v) is 6.60. The first-order chi connectivity index (χ1) is 9.31.